The van der Waals surface area contributed by atoms with Crippen molar-refractivity contribution in [2.45, 2.75) is 52.7 Å². The van der Waals surface area contributed by atoms with Crippen LogP contribution in [0, 0.1) is 6.92 Å². The van der Waals surface area contributed by atoms with Crippen LogP contribution in [-0.2, 0) is 0 Å². The van der Waals surface area contributed by atoms with Gasteiger partial charge in [0.2, 0.25) is 0 Å². The smallest absolute Gasteiger partial charge is 0.269 e. The quantitative estimate of drug-likeness (QED) is 0.810. The van der Waals surface area contributed by atoms with E-state index in [0.29, 0.717) is 5.69 Å². The number of nitrogens with zero attached hydrogens (tertiary/aromatic N) is 2. The number of carbonyl (C=O) groups excluding carboxylic acids is 1. The number of aliphatic hydroxyl groups excluding tert-OH is 1. The van der Waals surface area contributed by atoms with Gasteiger partial charge in [-0.15, -0.1) is 0 Å². The molecule has 5 nitrogen and oxygen atoms in total. The first kappa shape index (κ1) is 14.7. The second-order valence-electron chi connectivity index (χ2n) is 4.64. The lowest BCUT2D eigenvalue weighted by Crippen LogP contribution is -2.32. The number of nitrogens with one attached hydrogen (secondary N) is 1. The van der Waals surface area contributed by atoms with E-state index in [1.165, 1.54) is 0 Å². The Balaban J connectivity index is 2.90. The van der Waals surface area contributed by atoms with E-state index < -0.39 is 6.10 Å². The maximum absolute atomic E-state index is 12.0. The average Bonchev–Trinajstić information content (AvgIpc) is 2.70. The van der Waals surface area contributed by atoms with Crippen molar-refractivity contribution in [1.29, 1.82) is 0 Å². The lowest BCUT2D eigenvalue weighted by atomic mass is 10.1. The molecule has 0 bridgehead atoms. The summed E-state index contributed by atoms with van der Waals surface area (Å²) >= 11 is 0. The van der Waals surface area contributed by atoms with Crippen molar-refractivity contribution >= 4 is 5.91 Å². The van der Waals surface area contributed by atoms with Gasteiger partial charge >= 0.3 is 0 Å². The molecule has 1 atom stereocenters. The molecule has 0 aliphatic rings. The van der Waals surface area contributed by atoms with Crippen molar-refractivity contribution in [3.8, 4) is 0 Å². The molecular weight excluding hydrogens is 230 g/mol. The first-order chi connectivity index (χ1) is 8.49. The van der Waals surface area contributed by atoms with Crippen molar-refractivity contribution in [3.63, 3.8) is 0 Å². The molecule has 5 heteroatoms. The Morgan fingerprint density at radius 1 is 1.50 bits per heavy atom. The van der Waals surface area contributed by atoms with Gasteiger partial charge in [-0.3, -0.25) is 9.48 Å². The van der Waals surface area contributed by atoms with Gasteiger partial charge in [0.05, 0.1) is 17.8 Å². The van der Waals surface area contributed by atoms with E-state index in [0.717, 1.165) is 18.5 Å². The van der Waals surface area contributed by atoms with Gasteiger partial charge in [-0.05, 0) is 32.8 Å². The first-order valence-electron chi connectivity index (χ1n) is 6.51. The predicted molar refractivity (Wildman–Crippen MR) is 70.6 cm³/mol. The number of carbonyl (C=O) groups is 1. The zero-order valence-corrected chi connectivity index (χ0v) is 11.6. The topological polar surface area (TPSA) is 67.2 Å². The van der Waals surface area contributed by atoms with Crippen LogP contribution in [0.5, 0.6) is 0 Å². The second-order valence-corrected chi connectivity index (χ2v) is 4.64. The molecule has 0 fully saturated rings. The molecule has 0 aromatic carbocycles. The molecule has 18 heavy (non-hydrogen) atoms. The Morgan fingerprint density at radius 2 is 2.11 bits per heavy atom. The fourth-order valence-electron chi connectivity index (χ4n) is 1.93. The summed E-state index contributed by atoms with van der Waals surface area (Å²) in [5, 5.41) is 16.3. The van der Waals surface area contributed by atoms with Crippen molar-refractivity contribution < 1.29 is 9.90 Å². The van der Waals surface area contributed by atoms with Crippen LogP contribution in [-0.4, -0.2) is 33.4 Å². The number of hydrogen-bond acceptors (Lipinski definition) is 3. The summed E-state index contributed by atoms with van der Waals surface area (Å²) in [5.74, 6) is -0.177. The van der Waals surface area contributed by atoms with E-state index in [1.807, 2.05) is 6.92 Å². The monoisotopic (exact) mass is 253 g/mol. The summed E-state index contributed by atoms with van der Waals surface area (Å²) in [6.45, 7) is 7.95. The third kappa shape index (κ3) is 3.57. The molecular formula is C13H23N3O2. The highest BCUT2D eigenvalue weighted by Gasteiger charge is 2.18. The molecule has 1 aromatic heterocycles. The highest BCUT2D eigenvalue weighted by Crippen LogP contribution is 2.18. The number of rotatable bonds is 6. The van der Waals surface area contributed by atoms with Crippen molar-refractivity contribution in [2.24, 2.45) is 0 Å². The van der Waals surface area contributed by atoms with Crippen LogP contribution >= 0.6 is 0 Å². The van der Waals surface area contributed by atoms with Gasteiger partial charge in [-0.1, -0.05) is 13.8 Å². The molecule has 0 saturated carbocycles. The molecule has 1 rings (SSSR count). The summed E-state index contributed by atoms with van der Waals surface area (Å²) in [4.78, 5) is 12.0. The van der Waals surface area contributed by atoms with Crippen LogP contribution in [0.3, 0.4) is 0 Å². The first-order valence-corrected chi connectivity index (χ1v) is 6.51. The van der Waals surface area contributed by atoms with E-state index in [4.69, 9.17) is 0 Å². The van der Waals surface area contributed by atoms with E-state index in [2.05, 4.69) is 24.3 Å². The van der Waals surface area contributed by atoms with E-state index in [9.17, 15) is 9.90 Å². The van der Waals surface area contributed by atoms with Gasteiger partial charge in [0.1, 0.15) is 5.69 Å². The largest absolute Gasteiger partial charge is 0.392 e. The van der Waals surface area contributed by atoms with Crippen LogP contribution in [0.1, 0.15) is 55.8 Å². The molecule has 1 aromatic rings. The third-order valence-electron chi connectivity index (χ3n) is 2.94. The third-order valence-corrected chi connectivity index (χ3v) is 2.94. The molecule has 102 valence electrons. The number of aromatic nitrogens is 2. The molecule has 0 saturated heterocycles. The standard InChI is InChI=1S/C13H23N3O2/c1-5-11(6-2)16-12(7-9(3)15-16)13(18)14-8-10(4)17/h7,10-11,17H,5-6,8H2,1-4H3,(H,14,18). The average molecular weight is 253 g/mol. The lowest BCUT2D eigenvalue weighted by molar-refractivity contribution is 0.0910. The van der Waals surface area contributed by atoms with E-state index in [-0.39, 0.29) is 18.5 Å². The molecule has 0 aliphatic carbocycles. The number of hydrogen-bond donors (Lipinski definition) is 2. The van der Waals surface area contributed by atoms with Gasteiger partial charge in [0.15, 0.2) is 0 Å². The summed E-state index contributed by atoms with van der Waals surface area (Å²) in [6, 6.07) is 2.03. The Morgan fingerprint density at radius 3 is 2.61 bits per heavy atom. The lowest BCUT2D eigenvalue weighted by Gasteiger charge is -2.16. The molecule has 1 unspecified atom stereocenters. The van der Waals surface area contributed by atoms with Crippen molar-refractivity contribution in [2.75, 3.05) is 6.54 Å². The Labute approximate surface area is 108 Å². The highest BCUT2D eigenvalue weighted by molar-refractivity contribution is 5.92. The molecule has 0 aliphatic heterocycles. The minimum Gasteiger partial charge on any atom is -0.392 e. The van der Waals surface area contributed by atoms with Crippen LogP contribution in [0.25, 0.3) is 0 Å². The zero-order valence-electron chi connectivity index (χ0n) is 11.6. The van der Waals surface area contributed by atoms with Crippen LogP contribution in [0.15, 0.2) is 6.07 Å². The molecule has 0 radical (unpaired) electrons. The van der Waals surface area contributed by atoms with E-state index >= 15 is 0 Å². The maximum atomic E-state index is 12.0. The Bertz CT molecular complexity index is 395. The van der Waals surface area contributed by atoms with Gasteiger partial charge in [-0.25, -0.2) is 0 Å². The van der Waals surface area contributed by atoms with Crippen LogP contribution in [0.4, 0.5) is 0 Å². The Hall–Kier alpha value is -1.36. The van der Waals surface area contributed by atoms with E-state index in [1.54, 1.807) is 17.7 Å². The minimum atomic E-state index is -0.542. The molecule has 2 N–H and O–H groups in total. The summed E-state index contributed by atoms with van der Waals surface area (Å²) < 4.78 is 1.80. The normalized spacial score (nSPS) is 12.8. The molecule has 0 spiro atoms. The minimum absolute atomic E-state index is 0.177. The molecule has 1 heterocycles. The SMILES string of the molecule is CCC(CC)n1nc(C)cc1C(=O)NCC(C)O. The maximum Gasteiger partial charge on any atom is 0.269 e. The summed E-state index contributed by atoms with van der Waals surface area (Å²) in [6.07, 6.45) is 1.34. The van der Waals surface area contributed by atoms with Gasteiger partial charge in [0.25, 0.3) is 5.91 Å². The second kappa shape index (κ2) is 6.54. The van der Waals surface area contributed by atoms with Crippen LogP contribution < -0.4 is 5.32 Å². The van der Waals surface area contributed by atoms with Crippen LogP contribution in [0.2, 0.25) is 0 Å². The number of aliphatic hydroxyl groups is 1. The number of amides is 1. The van der Waals surface area contributed by atoms with Gasteiger partial charge < -0.3 is 10.4 Å². The highest BCUT2D eigenvalue weighted by atomic mass is 16.3. The van der Waals surface area contributed by atoms with Crippen molar-refractivity contribution in [1.82, 2.24) is 15.1 Å². The fourth-order valence-corrected chi connectivity index (χ4v) is 1.93. The Kier molecular flexibility index (Phi) is 5.34. The predicted octanol–water partition coefficient (Wildman–Crippen LogP) is 1.66. The van der Waals surface area contributed by atoms with Crippen molar-refractivity contribution in [3.05, 3.63) is 17.5 Å². The van der Waals surface area contributed by atoms with Gasteiger partial charge in [-0.2, -0.15) is 5.10 Å². The number of aryl methyl sites for hydroxylation is 1. The summed E-state index contributed by atoms with van der Waals surface area (Å²) in [7, 11) is 0. The molecule has 1 amide bonds. The fraction of sp³-hybridized carbons (Fsp3) is 0.692. The zero-order chi connectivity index (χ0) is 13.7. The van der Waals surface area contributed by atoms with Gasteiger partial charge in [0, 0.05) is 6.54 Å². The summed E-state index contributed by atoms with van der Waals surface area (Å²) in [5.41, 5.74) is 1.41.